The van der Waals surface area contributed by atoms with Gasteiger partial charge in [0.05, 0.1) is 11.9 Å². The standard InChI is InChI=1S/C14H19N5O/c1-3-4-8-16-19(12-7-5-6-11(2)9-12)14(20)13-10-15-18-17-13/h5-7,9-10,16H,3-4,8H2,1-2H3,(H,15,17,18). The lowest BCUT2D eigenvalue weighted by Crippen LogP contribution is -2.43. The van der Waals surface area contributed by atoms with Crippen LogP contribution in [-0.4, -0.2) is 27.9 Å². The molecule has 6 heteroatoms. The molecule has 0 atom stereocenters. The van der Waals surface area contributed by atoms with Gasteiger partial charge >= 0.3 is 0 Å². The summed E-state index contributed by atoms with van der Waals surface area (Å²) in [4.78, 5) is 12.5. The Morgan fingerprint density at radius 3 is 2.95 bits per heavy atom. The first-order valence-corrected chi connectivity index (χ1v) is 6.73. The number of amides is 1. The average molecular weight is 273 g/mol. The van der Waals surface area contributed by atoms with E-state index in [1.54, 1.807) is 0 Å². The van der Waals surface area contributed by atoms with Crippen LogP contribution in [0.3, 0.4) is 0 Å². The van der Waals surface area contributed by atoms with E-state index in [9.17, 15) is 4.79 Å². The Kier molecular flexibility index (Phi) is 4.84. The number of unbranched alkanes of at least 4 members (excludes halogenated alkanes) is 1. The summed E-state index contributed by atoms with van der Waals surface area (Å²) >= 11 is 0. The lowest BCUT2D eigenvalue weighted by molar-refractivity contribution is 0.0969. The van der Waals surface area contributed by atoms with Crippen molar-refractivity contribution in [1.29, 1.82) is 0 Å². The molecule has 0 aliphatic carbocycles. The van der Waals surface area contributed by atoms with Gasteiger partial charge in [-0.15, -0.1) is 5.10 Å². The Balaban J connectivity index is 2.22. The minimum absolute atomic E-state index is 0.222. The van der Waals surface area contributed by atoms with Crippen LogP contribution < -0.4 is 10.4 Å². The number of nitrogens with zero attached hydrogens (tertiary/aromatic N) is 3. The fourth-order valence-corrected chi connectivity index (χ4v) is 1.84. The molecule has 0 aliphatic heterocycles. The Hall–Kier alpha value is -2.21. The molecule has 106 valence electrons. The molecule has 0 fully saturated rings. The smallest absolute Gasteiger partial charge is 0.265 e. The van der Waals surface area contributed by atoms with Crippen molar-refractivity contribution in [1.82, 2.24) is 20.8 Å². The van der Waals surface area contributed by atoms with Crippen molar-refractivity contribution >= 4 is 11.6 Å². The third-order valence-electron chi connectivity index (χ3n) is 2.90. The summed E-state index contributed by atoms with van der Waals surface area (Å²) in [5.41, 5.74) is 5.34. The number of hydrazine groups is 1. The first-order valence-electron chi connectivity index (χ1n) is 6.73. The third kappa shape index (κ3) is 3.42. The molecule has 0 aliphatic rings. The molecule has 2 N–H and O–H groups in total. The Morgan fingerprint density at radius 1 is 1.45 bits per heavy atom. The van der Waals surface area contributed by atoms with Crippen LogP contribution in [0.15, 0.2) is 30.5 Å². The van der Waals surface area contributed by atoms with Crippen LogP contribution in [-0.2, 0) is 0 Å². The molecule has 0 spiro atoms. The van der Waals surface area contributed by atoms with Gasteiger partial charge in [0.25, 0.3) is 5.91 Å². The Labute approximate surface area is 118 Å². The number of H-pyrrole nitrogens is 1. The highest BCUT2D eigenvalue weighted by atomic mass is 16.2. The molecule has 0 saturated heterocycles. The molecule has 20 heavy (non-hydrogen) atoms. The van der Waals surface area contributed by atoms with Crippen LogP contribution in [0, 0.1) is 6.92 Å². The van der Waals surface area contributed by atoms with Gasteiger partial charge in [-0.05, 0) is 31.0 Å². The zero-order valence-electron chi connectivity index (χ0n) is 11.8. The van der Waals surface area contributed by atoms with Crippen LogP contribution >= 0.6 is 0 Å². The number of rotatable bonds is 6. The van der Waals surface area contributed by atoms with E-state index >= 15 is 0 Å². The van der Waals surface area contributed by atoms with Crippen LogP contribution in [0.2, 0.25) is 0 Å². The number of hydrogen-bond donors (Lipinski definition) is 2. The molecule has 1 aromatic carbocycles. The van der Waals surface area contributed by atoms with Gasteiger partial charge in [0.1, 0.15) is 0 Å². The van der Waals surface area contributed by atoms with Gasteiger partial charge in [0.15, 0.2) is 5.69 Å². The second-order valence-corrected chi connectivity index (χ2v) is 4.60. The van der Waals surface area contributed by atoms with E-state index in [4.69, 9.17) is 0 Å². The van der Waals surface area contributed by atoms with Gasteiger partial charge in [-0.2, -0.15) is 0 Å². The highest BCUT2D eigenvalue weighted by molar-refractivity contribution is 6.03. The van der Waals surface area contributed by atoms with Crippen molar-refractivity contribution in [3.05, 3.63) is 41.7 Å². The van der Waals surface area contributed by atoms with E-state index in [1.807, 2.05) is 31.2 Å². The predicted octanol–water partition coefficient (Wildman–Crippen LogP) is 2.06. The molecular formula is C14H19N5O. The van der Waals surface area contributed by atoms with Crippen molar-refractivity contribution < 1.29 is 4.79 Å². The zero-order chi connectivity index (χ0) is 14.4. The number of hydrogen-bond acceptors (Lipinski definition) is 4. The number of aromatic nitrogens is 3. The molecule has 0 saturated carbocycles. The van der Waals surface area contributed by atoms with E-state index in [-0.39, 0.29) is 11.6 Å². The maximum absolute atomic E-state index is 12.5. The van der Waals surface area contributed by atoms with Crippen molar-refractivity contribution in [2.24, 2.45) is 0 Å². The summed E-state index contributed by atoms with van der Waals surface area (Å²) in [7, 11) is 0. The van der Waals surface area contributed by atoms with Crippen molar-refractivity contribution in [2.45, 2.75) is 26.7 Å². The van der Waals surface area contributed by atoms with E-state index in [0.29, 0.717) is 0 Å². The third-order valence-corrected chi connectivity index (χ3v) is 2.90. The molecular weight excluding hydrogens is 254 g/mol. The van der Waals surface area contributed by atoms with Gasteiger partial charge in [0.2, 0.25) is 0 Å². The predicted molar refractivity (Wildman–Crippen MR) is 77.3 cm³/mol. The molecule has 0 radical (unpaired) electrons. The second kappa shape index (κ2) is 6.81. The fraction of sp³-hybridized carbons (Fsp3) is 0.357. The van der Waals surface area contributed by atoms with Gasteiger partial charge < -0.3 is 0 Å². The van der Waals surface area contributed by atoms with E-state index < -0.39 is 0 Å². The highest BCUT2D eigenvalue weighted by Gasteiger charge is 2.19. The SMILES string of the molecule is CCCCNN(C(=O)c1c[nH]nn1)c1cccc(C)c1. The molecule has 0 bridgehead atoms. The van der Waals surface area contributed by atoms with Crippen LogP contribution in [0.25, 0.3) is 0 Å². The minimum Gasteiger partial charge on any atom is -0.265 e. The molecule has 0 unspecified atom stereocenters. The molecule has 1 amide bonds. The molecule has 2 rings (SSSR count). The van der Waals surface area contributed by atoms with Gasteiger partial charge in [-0.1, -0.05) is 30.7 Å². The van der Waals surface area contributed by atoms with Gasteiger partial charge in [-0.25, -0.2) is 10.4 Å². The highest BCUT2D eigenvalue weighted by Crippen LogP contribution is 2.16. The number of nitrogens with one attached hydrogen (secondary N) is 2. The first kappa shape index (κ1) is 14.2. The van der Waals surface area contributed by atoms with Crippen LogP contribution in [0.5, 0.6) is 0 Å². The average Bonchev–Trinajstić information content (AvgIpc) is 2.97. The lowest BCUT2D eigenvalue weighted by Gasteiger charge is -2.23. The van der Waals surface area contributed by atoms with Crippen LogP contribution in [0.4, 0.5) is 5.69 Å². The maximum atomic E-state index is 12.5. The number of anilines is 1. The zero-order valence-corrected chi connectivity index (χ0v) is 11.8. The maximum Gasteiger partial charge on any atom is 0.294 e. The van der Waals surface area contributed by atoms with Gasteiger partial charge in [-0.3, -0.25) is 9.89 Å². The lowest BCUT2D eigenvalue weighted by atomic mass is 10.2. The summed E-state index contributed by atoms with van der Waals surface area (Å²) in [6.07, 6.45) is 3.55. The molecule has 1 heterocycles. The van der Waals surface area contributed by atoms with Crippen LogP contribution in [0.1, 0.15) is 35.8 Å². The second-order valence-electron chi connectivity index (χ2n) is 4.60. The van der Waals surface area contributed by atoms with Crippen molar-refractivity contribution in [3.8, 4) is 0 Å². The van der Waals surface area contributed by atoms with E-state index in [1.165, 1.54) is 11.2 Å². The number of carbonyl (C=O) groups is 1. The minimum atomic E-state index is -0.222. The summed E-state index contributed by atoms with van der Waals surface area (Å²) in [5, 5.41) is 11.4. The van der Waals surface area contributed by atoms with E-state index in [2.05, 4.69) is 27.8 Å². The first-order chi connectivity index (χ1) is 9.72. The quantitative estimate of drug-likeness (QED) is 0.624. The summed E-state index contributed by atoms with van der Waals surface area (Å²) in [6, 6.07) is 7.77. The Morgan fingerprint density at radius 2 is 2.30 bits per heavy atom. The summed E-state index contributed by atoms with van der Waals surface area (Å²) < 4.78 is 0. The molecule has 6 nitrogen and oxygen atoms in total. The summed E-state index contributed by atoms with van der Waals surface area (Å²) in [5.74, 6) is -0.222. The molecule has 2 aromatic rings. The normalized spacial score (nSPS) is 10.5. The van der Waals surface area contributed by atoms with Gasteiger partial charge in [0, 0.05) is 6.54 Å². The number of benzene rings is 1. The van der Waals surface area contributed by atoms with Crippen molar-refractivity contribution in [3.63, 3.8) is 0 Å². The topological polar surface area (TPSA) is 73.9 Å². The monoisotopic (exact) mass is 273 g/mol. The molecule has 1 aromatic heterocycles. The van der Waals surface area contributed by atoms with E-state index in [0.717, 1.165) is 30.6 Å². The summed E-state index contributed by atoms with van der Waals surface area (Å²) in [6.45, 7) is 4.83. The fourth-order valence-electron chi connectivity index (χ4n) is 1.84. The Bertz CT molecular complexity index is 552. The largest absolute Gasteiger partial charge is 0.294 e. The van der Waals surface area contributed by atoms with Crippen molar-refractivity contribution in [2.75, 3.05) is 11.6 Å². The number of aromatic amines is 1. The number of aryl methyl sites for hydroxylation is 1. The number of carbonyl (C=O) groups excluding carboxylic acids is 1.